The Morgan fingerprint density at radius 1 is 1.09 bits per heavy atom. The van der Waals surface area contributed by atoms with Gasteiger partial charge in [0, 0.05) is 6.42 Å². The molecule has 2 fully saturated rings. The molecule has 2 aliphatic carbocycles. The summed E-state index contributed by atoms with van der Waals surface area (Å²) < 4.78 is 0. The lowest BCUT2D eigenvalue weighted by molar-refractivity contribution is 0.0548. The van der Waals surface area contributed by atoms with Crippen LogP contribution in [0.5, 0.6) is 0 Å². The predicted molar refractivity (Wildman–Crippen MR) is 105 cm³/mol. The van der Waals surface area contributed by atoms with Gasteiger partial charge in [0.2, 0.25) is 0 Å². The zero-order chi connectivity index (χ0) is 17.8. The number of allylic oxidation sites excluding steroid dienone is 2. The summed E-state index contributed by atoms with van der Waals surface area (Å²) in [5, 5.41) is 0. The van der Waals surface area contributed by atoms with E-state index in [0.29, 0.717) is 5.92 Å². The Labute approximate surface area is 141 Å². The highest BCUT2D eigenvalue weighted by Gasteiger charge is 2.37. The van der Waals surface area contributed by atoms with Crippen LogP contribution in [0.15, 0.2) is 25.3 Å². The largest absolute Gasteiger partial charge is 0.124 e. The fraction of sp³-hybridized carbons (Fsp3) is 0.636. The number of fused-ring (bicyclic) bond motifs is 1. The van der Waals surface area contributed by atoms with Crippen LogP contribution in [0.3, 0.4) is 0 Å². The van der Waals surface area contributed by atoms with Gasteiger partial charge in [0.1, 0.15) is 0 Å². The quantitative estimate of drug-likeness (QED) is 0.393. The molecule has 0 bridgehead atoms. The fourth-order valence-electron chi connectivity index (χ4n) is 1.91. The van der Waals surface area contributed by atoms with Gasteiger partial charge in [-0.3, -0.25) is 0 Å². The van der Waals surface area contributed by atoms with Crippen LogP contribution in [-0.4, -0.2) is 0 Å². The van der Waals surface area contributed by atoms with Gasteiger partial charge >= 0.3 is 0 Å². The molecule has 0 nitrogen and oxygen atoms in total. The lowest BCUT2D eigenvalue weighted by Gasteiger charge is -2.46. The molecule has 0 spiro atoms. The molecule has 126 valence electrons. The van der Waals surface area contributed by atoms with E-state index in [0.717, 1.165) is 12.8 Å². The Bertz CT molecular complexity index is 271. The van der Waals surface area contributed by atoms with Crippen molar-refractivity contribution in [2.75, 3.05) is 0 Å². The van der Waals surface area contributed by atoms with Crippen LogP contribution in [0.4, 0.5) is 0 Å². The molecule has 2 aliphatic rings. The molecule has 1 atom stereocenters. The minimum atomic E-state index is 0.713. The molecule has 0 N–H and O–H groups in total. The highest BCUT2D eigenvalue weighted by Crippen LogP contribution is 2.49. The number of rotatable bonds is 3. The Balaban J connectivity index is -0.000000220. The molecule has 0 aromatic heterocycles. The van der Waals surface area contributed by atoms with Crippen molar-refractivity contribution < 1.29 is 0 Å². The summed E-state index contributed by atoms with van der Waals surface area (Å²) in [5.41, 5.74) is 0. The standard InChI is InChI=1S/C7H12.C6H10.C4H8.C3H6.C2H2/c1-4-6-7(3)5-2;1-2-6-4-3-5(1)6;1-3-4-2;1-3-2;1-2/h1,7H,5-6H2,2-3H3;5-6H,1-4H2;3H,1,4H2,2H3;3H,1H2,2H3;1-2H. The van der Waals surface area contributed by atoms with Crippen molar-refractivity contribution in [2.45, 2.75) is 72.6 Å². The van der Waals surface area contributed by atoms with Gasteiger partial charge in [0.25, 0.3) is 0 Å². The summed E-state index contributed by atoms with van der Waals surface area (Å²) in [6.45, 7) is 15.1. The van der Waals surface area contributed by atoms with Gasteiger partial charge in [0.05, 0.1) is 0 Å². The Kier molecular flexibility index (Phi) is 25.4. The number of hydrogen-bond acceptors (Lipinski definition) is 0. The topological polar surface area (TPSA) is 0 Å². The molecule has 2 rings (SSSR count). The first kappa shape index (κ1) is 25.5. The first-order valence-electron chi connectivity index (χ1n) is 8.55. The molecular weight excluding hydrogens is 264 g/mol. The summed E-state index contributed by atoms with van der Waals surface area (Å²) >= 11 is 0. The summed E-state index contributed by atoms with van der Waals surface area (Å²) in [7, 11) is 0. The molecule has 0 amide bonds. The fourth-order valence-corrected chi connectivity index (χ4v) is 1.91. The number of terminal acetylenes is 2. The van der Waals surface area contributed by atoms with Crippen LogP contribution < -0.4 is 0 Å². The highest BCUT2D eigenvalue weighted by molar-refractivity contribution is 4.89. The smallest absolute Gasteiger partial charge is 0.0112 e. The van der Waals surface area contributed by atoms with E-state index in [1.165, 1.54) is 18.3 Å². The first-order valence-corrected chi connectivity index (χ1v) is 8.55. The summed E-state index contributed by atoms with van der Waals surface area (Å²) in [4.78, 5) is 0. The second kappa shape index (κ2) is 21.9. The van der Waals surface area contributed by atoms with Gasteiger partial charge in [-0.05, 0) is 56.8 Å². The molecule has 2 saturated carbocycles. The van der Waals surface area contributed by atoms with E-state index in [1.54, 1.807) is 31.8 Å². The second-order valence-corrected chi connectivity index (χ2v) is 5.70. The average Bonchev–Trinajstić information content (AvgIpc) is 2.54. The maximum atomic E-state index is 5.06. The Hall–Kier alpha value is -1.40. The highest BCUT2D eigenvalue weighted by atomic mass is 14.4. The van der Waals surface area contributed by atoms with Gasteiger partial charge < -0.3 is 0 Å². The van der Waals surface area contributed by atoms with Gasteiger partial charge in [-0.25, -0.2) is 0 Å². The van der Waals surface area contributed by atoms with Crippen LogP contribution in [0, 0.1) is 42.9 Å². The zero-order valence-corrected chi connectivity index (χ0v) is 15.5. The molecule has 22 heavy (non-hydrogen) atoms. The van der Waals surface area contributed by atoms with Crippen LogP contribution in [0.2, 0.25) is 0 Å². The van der Waals surface area contributed by atoms with Crippen LogP contribution in [0.1, 0.15) is 72.6 Å². The summed E-state index contributed by atoms with van der Waals surface area (Å²) in [5.74, 6) is 5.76. The van der Waals surface area contributed by atoms with Crippen molar-refractivity contribution in [1.29, 1.82) is 0 Å². The van der Waals surface area contributed by atoms with E-state index in [1.807, 2.05) is 13.0 Å². The van der Waals surface area contributed by atoms with Crippen LogP contribution >= 0.6 is 0 Å². The number of hydrogen-bond donors (Lipinski definition) is 0. The maximum absolute atomic E-state index is 5.06. The van der Waals surface area contributed by atoms with E-state index in [2.05, 4.69) is 52.7 Å². The minimum absolute atomic E-state index is 0.713. The van der Waals surface area contributed by atoms with E-state index >= 15 is 0 Å². The Morgan fingerprint density at radius 2 is 1.41 bits per heavy atom. The van der Waals surface area contributed by atoms with E-state index < -0.39 is 0 Å². The molecular formula is C22H38. The van der Waals surface area contributed by atoms with Crippen LogP contribution in [-0.2, 0) is 0 Å². The predicted octanol–water partition coefficient (Wildman–Crippen LogP) is 6.89. The lowest BCUT2D eigenvalue weighted by Crippen LogP contribution is -2.34. The van der Waals surface area contributed by atoms with Crippen LogP contribution in [0.25, 0.3) is 0 Å². The van der Waals surface area contributed by atoms with Gasteiger partial charge in [-0.2, -0.15) is 0 Å². The molecule has 0 aromatic carbocycles. The summed E-state index contributed by atoms with van der Waals surface area (Å²) in [6, 6.07) is 0. The van der Waals surface area contributed by atoms with Crippen molar-refractivity contribution >= 4 is 0 Å². The SMILES string of the molecule is C#C.C#CCC(C)CC.C1CC2CCC12.C=CC.C=CCC. The van der Waals surface area contributed by atoms with E-state index in [-0.39, 0.29) is 0 Å². The van der Waals surface area contributed by atoms with Crippen molar-refractivity contribution in [3.05, 3.63) is 25.3 Å². The van der Waals surface area contributed by atoms with Gasteiger partial charge in [-0.15, -0.1) is 38.3 Å². The molecule has 0 aliphatic heterocycles. The van der Waals surface area contributed by atoms with Gasteiger partial charge in [0.15, 0.2) is 0 Å². The molecule has 1 unspecified atom stereocenters. The third-order valence-corrected chi connectivity index (χ3v) is 3.94. The van der Waals surface area contributed by atoms with Gasteiger partial charge in [-0.1, -0.05) is 39.3 Å². The third kappa shape index (κ3) is 16.7. The normalized spacial score (nSPS) is 20.0. The first-order chi connectivity index (χ1) is 10.6. The lowest BCUT2D eigenvalue weighted by atomic mass is 9.60. The van der Waals surface area contributed by atoms with Crippen molar-refractivity contribution in [3.63, 3.8) is 0 Å². The average molecular weight is 303 g/mol. The monoisotopic (exact) mass is 302 g/mol. The molecule has 0 saturated heterocycles. The minimum Gasteiger partial charge on any atom is -0.124 e. The van der Waals surface area contributed by atoms with Crippen molar-refractivity contribution in [1.82, 2.24) is 0 Å². The molecule has 0 heterocycles. The zero-order valence-electron chi connectivity index (χ0n) is 15.5. The maximum Gasteiger partial charge on any atom is 0.0112 e. The van der Waals surface area contributed by atoms with E-state index in [9.17, 15) is 0 Å². The van der Waals surface area contributed by atoms with Crippen molar-refractivity contribution in [3.8, 4) is 25.2 Å². The summed E-state index contributed by atoms with van der Waals surface area (Å²) in [6.07, 6.45) is 26.1. The second-order valence-electron chi connectivity index (χ2n) is 5.70. The molecule has 0 heteroatoms. The Morgan fingerprint density at radius 3 is 1.45 bits per heavy atom. The van der Waals surface area contributed by atoms with Crippen molar-refractivity contribution in [2.24, 2.45) is 17.8 Å². The third-order valence-electron chi connectivity index (χ3n) is 3.94. The molecule has 0 aromatic rings. The van der Waals surface area contributed by atoms with E-state index in [4.69, 9.17) is 6.42 Å². The molecule has 0 radical (unpaired) electrons.